The monoisotopic (exact) mass is 268 g/mol. The van der Waals surface area contributed by atoms with Gasteiger partial charge < -0.3 is 14.9 Å². The fraction of sp³-hybridized carbons (Fsp3) is 0.333. The summed E-state index contributed by atoms with van der Waals surface area (Å²) in [5, 5.41) is 9.60. The number of carboxylic acids is 1. The van der Waals surface area contributed by atoms with Gasteiger partial charge in [-0.3, -0.25) is 4.79 Å². The highest BCUT2D eigenvalue weighted by molar-refractivity contribution is 6.31. The Morgan fingerprint density at radius 2 is 2.11 bits per heavy atom. The number of piperazine rings is 1. The molecule has 0 spiro atoms. The van der Waals surface area contributed by atoms with E-state index in [4.69, 9.17) is 16.7 Å². The number of likely N-dealkylation sites (N-methyl/N-ethyl adjacent to an activating group) is 1. The lowest BCUT2D eigenvalue weighted by Crippen LogP contribution is -2.49. The summed E-state index contributed by atoms with van der Waals surface area (Å²) in [6.45, 7) is 1.35. The van der Waals surface area contributed by atoms with E-state index in [-0.39, 0.29) is 18.0 Å². The highest BCUT2D eigenvalue weighted by atomic mass is 35.5. The molecule has 1 aliphatic heterocycles. The molecule has 1 heterocycles. The predicted molar refractivity (Wildman–Crippen MR) is 68.3 cm³/mol. The van der Waals surface area contributed by atoms with Crippen LogP contribution >= 0.6 is 11.6 Å². The number of aromatic carboxylic acids is 1. The number of rotatable bonds is 2. The average Bonchev–Trinajstić information content (AvgIpc) is 2.32. The Hall–Kier alpha value is -1.75. The standard InChI is InChI=1S/C12H13ClN2O3/c1-14-4-5-15(7-11(14)16)10-6-8(13)2-3-9(10)12(17)18/h2-3,6H,4-5,7H2,1H3,(H,17,18). The molecule has 1 aliphatic rings. The fourth-order valence-corrected chi connectivity index (χ4v) is 2.08. The van der Waals surface area contributed by atoms with Crippen molar-refractivity contribution in [1.82, 2.24) is 4.90 Å². The smallest absolute Gasteiger partial charge is 0.337 e. The molecule has 0 aromatic heterocycles. The van der Waals surface area contributed by atoms with Crippen LogP contribution in [-0.2, 0) is 4.79 Å². The van der Waals surface area contributed by atoms with Crippen molar-refractivity contribution in [3.8, 4) is 0 Å². The molecule has 0 radical (unpaired) electrons. The van der Waals surface area contributed by atoms with Gasteiger partial charge in [0.05, 0.1) is 17.8 Å². The van der Waals surface area contributed by atoms with Crippen molar-refractivity contribution >= 4 is 29.2 Å². The topological polar surface area (TPSA) is 60.9 Å². The minimum atomic E-state index is -1.02. The van der Waals surface area contributed by atoms with Gasteiger partial charge >= 0.3 is 5.97 Å². The Bertz CT molecular complexity index is 504. The van der Waals surface area contributed by atoms with Crippen LogP contribution in [0.4, 0.5) is 5.69 Å². The lowest BCUT2D eigenvalue weighted by molar-refractivity contribution is -0.129. The Labute approximate surface area is 110 Å². The van der Waals surface area contributed by atoms with Gasteiger partial charge in [-0.25, -0.2) is 4.79 Å². The predicted octanol–water partition coefficient (Wildman–Crippen LogP) is 1.32. The third kappa shape index (κ3) is 2.41. The van der Waals surface area contributed by atoms with Gasteiger partial charge in [0, 0.05) is 25.2 Å². The molecule has 5 nitrogen and oxygen atoms in total. The second-order valence-corrected chi connectivity index (χ2v) is 4.64. The number of benzene rings is 1. The first-order chi connectivity index (χ1) is 8.49. The Morgan fingerprint density at radius 1 is 1.39 bits per heavy atom. The maximum absolute atomic E-state index is 11.6. The van der Waals surface area contributed by atoms with Crippen LogP contribution in [0.5, 0.6) is 0 Å². The lowest BCUT2D eigenvalue weighted by atomic mass is 10.1. The second kappa shape index (κ2) is 4.86. The fourth-order valence-electron chi connectivity index (χ4n) is 1.91. The first-order valence-electron chi connectivity index (χ1n) is 5.51. The van der Waals surface area contributed by atoms with Gasteiger partial charge in [0.1, 0.15) is 0 Å². The first-order valence-corrected chi connectivity index (χ1v) is 5.88. The van der Waals surface area contributed by atoms with Gasteiger partial charge in [-0.1, -0.05) is 11.6 Å². The van der Waals surface area contributed by atoms with Crippen LogP contribution in [0.3, 0.4) is 0 Å². The number of hydrogen-bond acceptors (Lipinski definition) is 3. The van der Waals surface area contributed by atoms with Crippen LogP contribution in [0.15, 0.2) is 18.2 Å². The molecule has 18 heavy (non-hydrogen) atoms. The first kappa shape index (κ1) is 12.7. The normalized spacial score (nSPS) is 16.0. The number of nitrogens with zero attached hydrogens (tertiary/aromatic N) is 2. The Kier molecular flexibility index (Phi) is 3.43. The molecule has 6 heteroatoms. The molecule has 0 unspecified atom stereocenters. The van der Waals surface area contributed by atoms with Gasteiger partial charge in [0.15, 0.2) is 0 Å². The highest BCUT2D eigenvalue weighted by Crippen LogP contribution is 2.26. The summed E-state index contributed by atoms with van der Waals surface area (Å²) in [7, 11) is 1.73. The molecule has 1 saturated heterocycles. The van der Waals surface area contributed by atoms with Crippen molar-refractivity contribution in [3.05, 3.63) is 28.8 Å². The summed E-state index contributed by atoms with van der Waals surface area (Å²) in [6, 6.07) is 4.58. The quantitative estimate of drug-likeness (QED) is 0.879. The molecular formula is C12H13ClN2O3. The Morgan fingerprint density at radius 3 is 2.72 bits per heavy atom. The highest BCUT2D eigenvalue weighted by Gasteiger charge is 2.24. The molecule has 96 valence electrons. The lowest BCUT2D eigenvalue weighted by Gasteiger charge is -2.34. The SMILES string of the molecule is CN1CCN(c2cc(Cl)ccc2C(=O)O)CC1=O. The average molecular weight is 269 g/mol. The summed E-state index contributed by atoms with van der Waals surface area (Å²) < 4.78 is 0. The van der Waals surface area contributed by atoms with Crippen LogP contribution in [0, 0.1) is 0 Å². The van der Waals surface area contributed by atoms with Crippen molar-refractivity contribution in [2.24, 2.45) is 0 Å². The van der Waals surface area contributed by atoms with Crippen molar-refractivity contribution in [1.29, 1.82) is 0 Å². The number of amides is 1. The molecule has 1 fully saturated rings. The summed E-state index contributed by atoms with van der Waals surface area (Å²) in [5.74, 6) is -1.05. The molecule has 0 atom stereocenters. The molecule has 1 amide bonds. The van der Waals surface area contributed by atoms with Crippen molar-refractivity contribution in [2.75, 3.05) is 31.6 Å². The number of anilines is 1. The van der Waals surface area contributed by atoms with E-state index in [2.05, 4.69) is 0 Å². The largest absolute Gasteiger partial charge is 0.478 e. The number of hydrogen-bond donors (Lipinski definition) is 1. The van der Waals surface area contributed by atoms with E-state index in [1.807, 2.05) is 0 Å². The zero-order chi connectivity index (χ0) is 13.3. The molecule has 0 saturated carbocycles. The van der Waals surface area contributed by atoms with Gasteiger partial charge in [0.25, 0.3) is 0 Å². The number of carboxylic acid groups (broad SMARTS) is 1. The summed E-state index contributed by atoms with van der Waals surface area (Å²) in [6.07, 6.45) is 0. The Balaban J connectivity index is 2.35. The van der Waals surface area contributed by atoms with E-state index in [0.29, 0.717) is 23.8 Å². The van der Waals surface area contributed by atoms with Crippen LogP contribution in [0.2, 0.25) is 5.02 Å². The number of carbonyl (C=O) groups excluding carboxylic acids is 1. The van der Waals surface area contributed by atoms with Gasteiger partial charge in [-0.2, -0.15) is 0 Å². The molecular weight excluding hydrogens is 256 g/mol. The van der Waals surface area contributed by atoms with Gasteiger partial charge in [-0.05, 0) is 18.2 Å². The van der Waals surface area contributed by atoms with Crippen LogP contribution in [0.25, 0.3) is 0 Å². The third-order valence-electron chi connectivity index (χ3n) is 2.99. The minimum Gasteiger partial charge on any atom is -0.478 e. The molecule has 2 rings (SSSR count). The summed E-state index contributed by atoms with van der Waals surface area (Å²) in [4.78, 5) is 26.2. The number of halogens is 1. The maximum Gasteiger partial charge on any atom is 0.337 e. The second-order valence-electron chi connectivity index (χ2n) is 4.20. The maximum atomic E-state index is 11.6. The molecule has 1 N–H and O–H groups in total. The van der Waals surface area contributed by atoms with E-state index < -0.39 is 5.97 Å². The van der Waals surface area contributed by atoms with E-state index in [1.165, 1.54) is 12.1 Å². The zero-order valence-corrected chi connectivity index (χ0v) is 10.6. The number of carbonyl (C=O) groups is 2. The van der Waals surface area contributed by atoms with Crippen molar-refractivity contribution in [2.45, 2.75) is 0 Å². The van der Waals surface area contributed by atoms with E-state index in [9.17, 15) is 9.59 Å². The molecule has 1 aromatic carbocycles. The molecule has 0 aliphatic carbocycles. The minimum absolute atomic E-state index is 0.0300. The van der Waals surface area contributed by atoms with E-state index in [0.717, 1.165) is 0 Å². The zero-order valence-electron chi connectivity index (χ0n) is 9.89. The van der Waals surface area contributed by atoms with Crippen LogP contribution in [-0.4, -0.2) is 48.6 Å². The van der Waals surface area contributed by atoms with Crippen molar-refractivity contribution in [3.63, 3.8) is 0 Å². The van der Waals surface area contributed by atoms with E-state index >= 15 is 0 Å². The molecule has 1 aromatic rings. The third-order valence-corrected chi connectivity index (χ3v) is 3.22. The van der Waals surface area contributed by atoms with Gasteiger partial charge in [0.2, 0.25) is 5.91 Å². The van der Waals surface area contributed by atoms with Gasteiger partial charge in [-0.15, -0.1) is 0 Å². The summed E-state index contributed by atoms with van der Waals surface area (Å²) in [5.41, 5.74) is 0.660. The molecule has 0 bridgehead atoms. The van der Waals surface area contributed by atoms with Crippen molar-refractivity contribution < 1.29 is 14.7 Å². The summed E-state index contributed by atoms with van der Waals surface area (Å²) >= 11 is 5.89. The van der Waals surface area contributed by atoms with E-state index in [1.54, 1.807) is 22.9 Å². The van der Waals surface area contributed by atoms with Crippen LogP contribution < -0.4 is 4.90 Å². The van der Waals surface area contributed by atoms with Crippen LogP contribution in [0.1, 0.15) is 10.4 Å².